The van der Waals surface area contributed by atoms with Gasteiger partial charge in [-0.25, -0.2) is 0 Å². The van der Waals surface area contributed by atoms with Crippen LogP contribution in [-0.4, -0.2) is 24.5 Å². The summed E-state index contributed by atoms with van der Waals surface area (Å²) in [6.45, 7) is 11.4. The lowest BCUT2D eigenvalue weighted by Gasteiger charge is -2.22. The van der Waals surface area contributed by atoms with Gasteiger partial charge in [0.1, 0.15) is 0 Å². The zero-order valence-electron chi connectivity index (χ0n) is 11.5. The van der Waals surface area contributed by atoms with Gasteiger partial charge in [0.05, 0.1) is 0 Å². The van der Waals surface area contributed by atoms with Crippen LogP contribution >= 0.6 is 0 Å². The fourth-order valence-corrected chi connectivity index (χ4v) is 1.97. The number of hydrogen-bond acceptors (Lipinski definition) is 2. The van der Waals surface area contributed by atoms with Crippen molar-refractivity contribution in [2.75, 3.05) is 6.54 Å². The number of rotatable bonds is 8. The number of amides is 1. The molecule has 96 valence electrons. The van der Waals surface area contributed by atoms with Gasteiger partial charge in [-0.05, 0) is 26.7 Å². The standard InChI is InChI=1S/C13H28N2O/c1-6-12(7-2)11(5)14-9-8-13(16)15-10(3)4/h10-12,14H,6-9H2,1-5H3,(H,15,16). The molecule has 16 heavy (non-hydrogen) atoms. The third-order valence-electron chi connectivity index (χ3n) is 3.02. The molecule has 0 aromatic carbocycles. The molecule has 0 saturated carbocycles. The molecule has 0 aliphatic heterocycles. The molecular formula is C13H28N2O. The maximum atomic E-state index is 11.4. The lowest BCUT2D eigenvalue weighted by atomic mass is 9.95. The first-order valence-corrected chi connectivity index (χ1v) is 6.53. The second kappa shape index (κ2) is 8.57. The summed E-state index contributed by atoms with van der Waals surface area (Å²) in [6.07, 6.45) is 2.97. The van der Waals surface area contributed by atoms with Gasteiger partial charge in [0.2, 0.25) is 5.91 Å². The van der Waals surface area contributed by atoms with Gasteiger partial charge in [0, 0.05) is 25.0 Å². The molecule has 0 fully saturated rings. The highest BCUT2D eigenvalue weighted by Crippen LogP contribution is 2.12. The number of hydrogen-bond donors (Lipinski definition) is 2. The van der Waals surface area contributed by atoms with Crippen LogP contribution in [0, 0.1) is 5.92 Å². The van der Waals surface area contributed by atoms with Crippen LogP contribution in [0.1, 0.15) is 53.9 Å². The van der Waals surface area contributed by atoms with E-state index in [9.17, 15) is 4.79 Å². The summed E-state index contributed by atoms with van der Waals surface area (Å²) in [6, 6.07) is 0.741. The normalized spacial score (nSPS) is 13.2. The van der Waals surface area contributed by atoms with Gasteiger partial charge in [-0.15, -0.1) is 0 Å². The maximum absolute atomic E-state index is 11.4. The molecule has 0 rings (SSSR count). The Hall–Kier alpha value is -0.570. The zero-order chi connectivity index (χ0) is 12.6. The fraction of sp³-hybridized carbons (Fsp3) is 0.923. The lowest BCUT2D eigenvalue weighted by molar-refractivity contribution is -0.121. The molecule has 2 N–H and O–H groups in total. The highest BCUT2D eigenvalue weighted by molar-refractivity contribution is 5.76. The van der Waals surface area contributed by atoms with E-state index < -0.39 is 0 Å². The van der Waals surface area contributed by atoms with Crippen molar-refractivity contribution >= 4 is 5.91 Å². The average molecular weight is 228 g/mol. The Bertz CT molecular complexity index is 188. The van der Waals surface area contributed by atoms with Crippen LogP contribution < -0.4 is 10.6 Å². The third-order valence-corrected chi connectivity index (χ3v) is 3.02. The first-order valence-electron chi connectivity index (χ1n) is 6.53. The van der Waals surface area contributed by atoms with Crippen molar-refractivity contribution in [1.29, 1.82) is 0 Å². The molecule has 1 unspecified atom stereocenters. The molecule has 0 aromatic rings. The van der Waals surface area contributed by atoms with E-state index in [1.54, 1.807) is 0 Å². The minimum atomic E-state index is 0.138. The minimum absolute atomic E-state index is 0.138. The Kier molecular flexibility index (Phi) is 8.26. The Balaban J connectivity index is 3.68. The smallest absolute Gasteiger partial charge is 0.221 e. The quantitative estimate of drug-likeness (QED) is 0.669. The van der Waals surface area contributed by atoms with Crippen LogP contribution in [0.25, 0.3) is 0 Å². The number of nitrogens with one attached hydrogen (secondary N) is 2. The predicted molar refractivity (Wildman–Crippen MR) is 69.4 cm³/mol. The molecule has 0 aromatic heterocycles. The molecule has 3 nitrogen and oxygen atoms in total. The largest absolute Gasteiger partial charge is 0.354 e. The Morgan fingerprint density at radius 3 is 2.12 bits per heavy atom. The van der Waals surface area contributed by atoms with E-state index in [2.05, 4.69) is 31.4 Å². The fourth-order valence-electron chi connectivity index (χ4n) is 1.97. The molecule has 0 aliphatic carbocycles. The van der Waals surface area contributed by atoms with Crippen molar-refractivity contribution in [2.45, 2.75) is 66.0 Å². The highest BCUT2D eigenvalue weighted by atomic mass is 16.1. The molecule has 0 bridgehead atoms. The topological polar surface area (TPSA) is 41.1 Å². The SMILES string of the molecule is CCC(CC)C(C)NCCC(=O)NC(C)C. The van der Waals surface area contributed by atoms with E-state index in [-0.39, 0.29) is 11.9 Å². The zero-order valence-corrected chi connectivity index (χ0v) is 11.5. The lowest BCUT2D eigenvalue weighted by Crippen LogP contribution is -2.37. The molecule has 0 aliphatic rings. The summed E-state index contributed by atoms with van der Waals surface area (Å²) in [7, 11) is 0. The van der Waals surface area contributed by atoms with Gasteiger partial charge in [0.15, 0.2) is 0 Å². The van der Waals surface area contributed by atoms with Crippen molar-refractivity contribution in [3.05, 3.63) is 0 Å². The van der Waals surface area contributed by atoms with Gasteiger partial charge >= 0.3 is 0 Å². The van der Waals surface area contributed by atoms with Crippen LogP contribution in [0.4, 0.5) is 0 Å². The molecule has 1 amide bonds. The number of carbonyl (C=O) groups is 1. The van der Waals surface area contributed by atoms with Crippen LogP contribution in [0.2, 0.25) is 0 Å². The second-order valence-corrected chi connectivity index (χ2v) is 4.79. The highest BCUT2D eigenvalue weighted by Gasteiger charge is 2.12. The average Bonchev–Trinajstić information content (AvgIpc) is 2.18. The number of carbonyl (C=O) groups excluding carboxylic acids is 1. The van der Waals surface area contributed by atoms with Gasteiger partial charge in [0.25, 0.3) is 0 Å². The van der Waals surface area contributed by atoms with E-state index in [1.807, 2.05) is 13.8 Å². The molecular weight excluding hydrogens is 200 g/mol. The molecule has 1 atom stereocenters. The van der Waals surface area contributed by atoms with Crippen molar-refractivity contribution in [3.63, 3.8) is 0 Å². The molecule has 0 radical (unpaired) electrons. The van der Waals surface area contributed by atoms with Gasteiger partial charge in [-0.1, -0.05) is 26.7 Å². The molecule has 0 spiro atoms. The minimum Gasteiger partial charge on any atom is -0.354 e. The van der Waals surface area contributed by atoms with Crippen LogP contribution in [-0.2, 0) is 4.79 Å². The molecule has 0 heterocycles. The van der Waals surface area contributed by atoms with Crippen LogP contribution in [0.5, 0.6) is 0 Å². The van der Waals surface area contributed by atoms with E-state index in [0.29, 0.717) is 18.4 Å². The van der Waals surface area contributed by atoms with E-state index >= 15 is 0 Å². The van der Waals surface area contributed by atoms with Gasteiger partial charge < -0.3 is 10.6 Å². The van der Waals surface area contributed by atoms with E-state index in [4.69, 9.17) is 0 Å². The van der Waals surface area contributed by atoms with Crippen LogP contribution in [0.3, 0.4) is 0 Å². The van der Waals surface area contributed by atoms with E-state index in [0.717, 1.165) is 6.54 Å². The summed E-state index contributed by atoms with van der Waals surface area (Å²) in [5.41, 5.74) is 0. The van der Waals surface area contributed by atoms with Gasteiger partial charge in [-0.3, -0.25) is 4.79 Å². The first kappa shape index (κ1) is 15.4. The summed E-state index contributed by atoms with van der Waals surface area (Å²) >= 11 is 0. The summed E-state index contributed by atoms with van der Waals surface area (Å²) in [5, 5.41) is 6.32. The van der Waals surface area contributed by atoms with Crippen molar-refractivity contribution in [3.8, 4) is 0 Å². The first-order chi connectivity index (χ1) is 7.51. The summed E-state index contributed by atoms with van der Waals surface area (Å²) in [4.78, 5) is 11.4. The predicted octanol–water partition coefficient (Wildman–Crippen LogP) is 2.32. The van der Waals surface area contributed by atoms with Crippen molar-refractivity contribution in [2.24, 2.45) is 5.92 Å². The maximum Gasteiger partial charge on any atom is 0.221 e. The van der Waals surface area contributed by atoms with Gasteiger partial charge in [-0.2, -0.15) is 0 Å². The van der Waals surface area contributed by atoms with Crippen molar-refractivity contribution in [1.82, 2.24) is 10.6 Å². The van der Waals surface area contributed by atoms with Crippen LogP contribution in [0.15, 0.2) is 0 Å². The monoisotopic (exact) mass is 228 g/mol. The Morgan fingerprint density at radius 2 is 1.69 bits per heavy atom. The summed E-state index contributed by atoms with van der Waals surface area (Å²) in [5.74, 6) is 0.854. The summed E-state index contributed by atoms with van der Waals surface area (Å²) < 4.78 is 0. The third kappa shape index (κ3) is 6.83. The second-order valence-electron chi connectivity index (χ2n) is 4.79. The molecule has 3 heteroatoms. The van der Waals surface area contributed by atoms with Crippen molar-refractivity contribution < 1.29 is 4.79 Å². The Morgan fingerprint density at radius 1 is 1.12 bits per heavy atom. The molecule has 0 saturated heterocycles. The Labute approximate surface area is 100 Å². The van der Waals surface area contributed by atoms with E-state index in [1.165, 1.54) is 12.8 Å².